The average Bonchev–Trinajstić information content (AvgIpc) is 3.08. The van der Waals surface area contributed by atoms with Crippen molar-refractivity contribution < 1.29 is 19.1 Å². The van der Waals surface area contributed by atoms with Gasteiger partial charge in [0.05, 0.1) is 17.3 Å². The molecule has 0 aliphatic carbocycles. The first-order valence-corrected chi connectivity index (χ1v) is 9.40. The minimum Gasteiger partial charge on any atom is -0.456 e. The van der Waals surface area contributed by atoms with Gasteiger partial charge < -0.3 is 15.4 Å². The van der Waals surface area contributed by atoms with E-state index in [4.69, 9.17) is 16.3 Å². The molecule has 2 N–H and O–H groups in total. The molecule has 2 aliphatic heterocycles. The second kappa shape index (κ2) is 7.60. The van der Waals surface area contributed by atoms with Crippen LogP contribution in [0.3, 0.4) is 0 Å². The number of carbonyl (C=O) groups is 3. The molecule has 8 heteroatoms. The van der Waals surface area contributed by atoms with Crippen molar-refractivity contribution in [3.63, 3.8) is 0 Å². The molecule has 0 fully saturated rings. The minimum atomic E-state index is -0.608. The van der Waals surface area contributed by atoms with Crippen LogP contribution in [0, 0.1) is 6.92 Å². The van der Waals surface area contributed by atoms with E-state index in [1.54, 1.807) is 24.3 Å². The van der Waals surface area contributed by atoms with Crippen LogP contribution in [0.25, 0.3) is 0 Å². The van der Waals surface area contributed by atoms with E-state index in [-0.39, 0.29) is 13.2 Å². The fraction of sp³-hybridized carbons (Fsp3) is 0.190. The maximum Gasteiger partial charge on any atom is 0.338 e. The molecule has 2 aliphatic rings. The summed E-state index contributed by atoms with van der Waals surface area (Å²) >= 11 is 5.84. The number of anilines is 1. The van der Waals surface area contributed by atoms with E-state index >= 15 is 0 Å². The van der Waals surface area contributed by atoms with Gasteiger partial charge in [-0.2, -0.15) is 0 Å². The maximum atomic E-state index is 12.7. The molecule has 0 bridgehead atoms. The van der Waals surface area contributed by atoms with Gasteiger partial charge in [0.15, 0.2) is 0 Å². The number of benzene rings is 2. The van der Waals surface area contributed by atoms with Gasteiger partial charge in [-0.1, -0.05) is 41.4 Å². The first-order chi connectivity index (χ1) is 13.9. The average molecular weight is 412 g/mol. The van der Waals surface area contributed by atoms with Gasteiger partial charge in [0.25, 0.3) is 0 Å². The van der Waals surface area contributed by atoms with Gasteiger partial charge in [0, 0.05) is 10.7 Å². The summed E-state index contributed by atoms with van der Waals surface area (Å²) in [6.07, 6.45) is 0. The largest absolute Gasteiger partial charge is 0.456 e. The van der Waals surface area contributed by atoms with Crippen LogP contribution in [-0.2, 0) is 14.3 Å². The van der Waals surface area contributed by atoms with E-state index in [9.17, 15) is 14.4 Å². The Morgan fingerprint density at radius 2 is 1.86 bits per heavy atom. The van der Waals surface area contributed by atoms with Gasteiger partial charge >= 0.3 is 12.0 Å². The normalized spacial score (nSPS) is 18.3. The highest BCUT2D eigenvalue weighted by Crippen LogP contribution is 2.35. The topological polar surface area (TPSA) is 87.7 Å². The first kappa shape index (κ1) is 19.0. The van der Waals surface area contributed by atoms with Crippen molar-refractivity contribution in [3.05, 3.63) is 76.0 Å². The van der Waals surface area contributed by atoms with Crippen LogP contribution in [0.2, 0.25) is 5.02 Å². The summed E-state index contributed by atoms with van der Waals surface area (Å²) < 4.78 is 5.17. The van der Waals surface area contributed by atoms with Crippen LogP contribution in [0.5, 0.6) is 0 Å². The zero-order chi connectivity index (χ0) is 20.5. The fourth-order valence-corrected chi connectivity index (χ4v) is 3.49. The molecule has 0 unspecified atom stereocenters. The predicted octanol–water partition coefficient (Wildman–Crippen LogP) is 3.16. The molecule has 0 spiro atoms. The van der Waals surface area contributed by atoms with Crippen molar-refractivity contribution in [2.45, 2.75) is 13.0 Å². The summed E-state index contributed by atoms with van der Waals surface area (Å²) in [4.78, 5) is 38.8. The number of carbonyl (C=O) groups excluding carboxylic acids is 3. The van der Waals surface area contributed by atoms with Gasteiger partial charge in [-0.25, -0.2) is 9.59 Å². The Balaban J connectivity index is 1.58. The van der Waals surface area contributed by atoms with Gasteiger partial charge in [0.1, 0.15) is 13.2 Å². The first-order valence-electron chi connectivity index (χ1n) is 9.02. The van der Waals surface area contributed by atoms with Gasteiger partial charge in [0.2, 0.25) is 5.91 Å². The van der Waals surface area contributed by atoms with E-state index in [0.717, 1.165) is 11.1 Å². The highest BCUT2D eigenvalue weighted by Gasteiger charge is 2.42. The molecule has 1 atom stereocenters. The molecule has 2 heterocycles. The van der Waals surface area contributed by atoms with Gasteiger partial charge in [-0.15, -0.1) is 0 Å². The van der Waals surface area contributed by atoms with Crippen molar-refractivity contribution >= 4 is 35.2 Å². The lowest BCUT2D eigenvalue weighted by Gasteiger charge is -2.32. The highest BCUT2D eigenvalue weighted by molar-refractivity contribution is 6.30. The minimum absolute atomic E-state index is 0.0435. The zero-order valence-corrected chi connectivity index (χ0v) is 16.3. The number of cyclic esters (lactones) is 1. The molecule has 0 saturated heterocycles. The molecular weight excluding hydrogens is 394 g/mol. The molecule has 7 nitrogen and oxygen atoms in total. The number of hydrogen-bond acceptors (Lipinski definition) is 4. The number of urea groups is 1. The van der Waals surface area contributed by atoms with Gasteiger partial charge in [-0.05, 0) is 36.8 Å². The van der Waals surface area contributed by atoms with E-state index in [1.165, 1.54) is 4.90 Å². The molecule has 2 aromatic rings. The Bertz CT molecular complexity index is 1020. The summed E-state index contributed by atoms with van der Waals surface area (Å²) in [5.41, 5.74) is 3.17. The maximum absolute atomic E-state index is 12.7. The number of ether oxygens (including phenoxy) is 1. The molecule has 2 aromatic carbocycles. The number of halogens is 1. The molecule has 0 radical (unpaired) electrons. The standard InChI is InChI=1S/C21H18ClN3O4/c1-12-2-4-13(5-3-12)19-18-16(11-29-20(18)27)25(21(28)24-19)10-17(26)23-15-8-6-14(22)7-9-15/h2-9,19H,10-11H2,1H3,(H,23,26)(H,24,28)/t19-/m0/s1. The number of aryl methyl sites for hydroxylation is 1. The highest BCUT2D eigenvalue weighted by atomic mass is 35.5. The van der Waals surface area contributed by atoms with Crippen LogP contribution < -0.4 is 10.6 Å². The van der Waals surface area contributed by atoms with E-state index in [0.29, 0.717) is 22.0 Å². The van der Waals surface area contributed by atoms with Crippen LogP contribution in [0.15, 0.2) is 59.8 Å². The number of esters is 1. The van der Waals surface area contributed by atoms with Crippen molar-refractivity contribution in [1.82, 2.24) is 10.2 Å². The number of nitrogens with zero attached hydrogens (tertiary/aromatic N) is 1. The summed E-state index contributed by atoms with van der Waals surface area (Å²) in [6, 6.07) is 13.1. The Labute approximate surface area is 172 Å². The van der Waals surface area contributed by atoms with E-state index in [2.05, 4.69) is 10.6 Å². The summed E-state index contributed by atoms with van der Waals surface area (Å²) in [7, 11) is 0. The molecule has 3 amide bonds. The smallest absolute Gasteiger partial charge is 0.338 e. The molecular formula is C21H18ClN3O4. The van der Waals surface area contributed by atoms with Crippen molar-refractivity contribution in [3.8, 4) is 0 Å². The van der Waals surface area contributed by atoms with Crippen LogP contribution in [-0.4, -0.2) is 36.0 Å². The van der Waals surface area contributed by atoms with Crippen molar-refractivity contribution in [2.24, 2.45) is 0 Å². The van der Waals surface area contributed by atoms with Crippen LogP contribution in [0.1, 0.15) is 17.2 Å². The van der Waals surface area contributed by atoms with Crippen molar-refractivity contribution in [1.29, 1.82) is 0 Å². The third-order valence-corrected chi connectivity index (χ3v) is 5.09. The zero-order valence-electron chi connectivity index (χ0n) is 15.6. The third kappa shape index (κ3) is 3.82. The number of amides is 3. The number of hydrogen-bond donors (Lipinski definition) is 2. The lowest BCUT2D eigenvalue weighted by molar-refractivity contribution is -0.136. The second-order valence-electron chi connectivity index (χ2n) is 6.87. The number of nitrogens with one attached hydrogen (secondary N) is 2. The second-order valence-corrected chi connectivity index (χ2v) is 7.31. The van der Waals surface area contributed by atoms with E-state index < -0.39 is 23.9 Å². The van der Waals surface area contributed by atoms with Gasteiger partial charge in [-0.3, -0.25) is 9.69 Å². The molecule has 29 heavy (non-hydrogen) atoms. The predicted molar refractivity (Wildman–Crippen MR) is 107 cm³/mol. The number of rotatable bonds is 4. The summed E-state index contributed by atoms with van der Waals surface area (Å²) in [6.45, 7) is 1.67. The molecule has 4 rings (SSSR count). The molecule has 148 valence electrons. The summed E-state index contributed by atoms with van der Waals surface area (Å²) in [5.74, 6) is -0.892. The van der Waals surface area contributed by atoms with E-state index in [1.807, 2.05) is 31.2 Å². The lowest BCUT2D eigenvalue weighted by Crippen LogP contribution is -2.49. The fourth-order valence-electron chi connectivity index (χ4n) is 3.36. The third-order valence-electron chi connectivity index (χ3n) is 4.84. The quantitative estimate of drug-likeness (QED) is 0.756. The van der Waals surface area contributed by atoms with Crippen LogP contribution >= 0.6 is 11.6 Å². The SMILES string of the molecule is Cc1ccc([C@@H]2NC(=O)N(CC(=O)Nc3ccc(Cl)cc3)C3=C2C(=O)OC3)cc1. The van der Waals surface area contributed by atoms with Crippen LogP contribution in [0.4, 0.5) is 10.5 Å². The molecule has 0 saturated carbocycles. The van der Waals surface area contributed by atoms with Crippen molar-refractivity contribution in [2.75, 3.05) is 18.5 Å². The Hall–Kier alpha value is -3.32. The summed E-state index contributed by atoms with van der Waals surface area (Å²) in [5, 5.41) is 6.07. The Morgan fingerprint density at radius 1 is 1.17 bits per heavy atom. The monoisotopic (exact) mass is 411 g/mol. The Kier molecular flexibility index (Phi) is 4.98. The Morgan fingerprint density at radius 3 is 2.55 bits per heavy atom. The molecule has 0 aromatic heterocycles. The lowest BCUT2D eigenvalue weighted by atomic mass is 9.95.